The van der Waals surface area contributed by atoms with E-state index in [-0.39, 0.29) is 0 Å². The summed E-state index contributed by atoms with van der Waals surface area (Å²) in [6.07, 6.45) is 2.70. The van der Waals surface area contributed by atoms with Crippen molar-refractivity contribution in [2.24, 2.45) is 22.7 Å². The Labute approximate surface area is 99.3 Å². The van der Waals surface area contributed by atoms with Crippen molar-refractivity contribution in [3.63, 3.8) is 0 Å². The number of hydrogen-bond acceptors (Lipinski definition) is 2. The second kappa shape index (κ2) is 6.09. The van der Waals surface area contributed by atoms with Crippen molar-refractivity contribution >= 4 is 5.96 Å². The van der Waals surface area contributed by atoms with Gasteiger partial charge in [0.1, 0.15) is 0 Å². The summed E-state index contributed by atoms with van der Waals surface area (Å²) in [6.45, 7) is 10.6. The Bertz CT molecular complexity index is 231. The minimum absolute atomic E-state index is 0.447. The lowest BCUT2D eigenvalue weighted by molar-refractivity contribution is 0.323. The number of hydrazine groups is 1. The van der Waals surface area contributed by atoms with Gasteiger partial charge in [0.25, 0.3) is 0 Å². The highest BCUT2D eigenvalue weighted by atomic mass is 15.4. The Balaban J connectivity index is 2.59. The average molecular weight is 226 g/mol. The van der Waals surface area contributed by atoms with Crippen LogP contribution in [0.5, 0.6) is 0 Å². The monoisotopic (exact) mass is 226 g/mol. The van der Waals surface area contributed by atoms with Gasteiger partial charge in [-0.05, 0) is 38.5 Å². The van der Waals surface area contributed by atoms with Crippen molar-refractivity contribution in [3.05, 3.63) is 0 Å². The Morgan fingerprint density at radius 3 is 2.38 bits per heavy atom. The maximum Gasteiger partial charge on any atom is 0.208 e. The molecular weight excluding hydrogens is 200 g/mol. The molecule has 0 heterocycles. The fourth-order valence-corrected chi connectivity index (χ4v) is 1.61. The first-order valence-corrected chi connectivity index (χ1v) is 6.32. The van der Waals surface area contributed by atoms with Gasteiger partial charge in [-0.1, -0.05) is 13.8 Å². The molecular formula is C12H26N4. The molecule has 0 aliphatic heterocycles. The van der Waals surface area contributed by atoms with Crippen LogP contribution in [0, 0.1) is 11.8 Å². The van der Waals surface area contributed by atoms with Crippen molar-refractivity contribution in [2.45, 2.75) is 46.6 Å². The van der Waals surface area contributed by atoms with E-state index in [2.05, 4.69) is 43.0 Å². The summed E-state index contributed by atoms with van der Waals surface area (Å²) in [5, 5.41) is 0. The number of nitrogens with zero attached hydrogens (tertiary/aromatic N) is 2. The standard InChI is InChI=1S/C12H26N4/c1-9(2)7-14-12(15-13)16(10(3)4)8-11-5-6-11/h9-11H,5-8,13H2,1-4H3,(H,14,15). The van der Waals surface area contributed by atoms with E-state index in [9.17, 15) is 0 Å². The molecule has 4 nitrogen and oxygen atoms in total. The highest BCUT2D eigenvalue weighted by Gasteiger charge is 2.27. The van der Waals surface area contributed by atoms with E-state index in [1.165, 1.54) is 12.8 Å². The van der Waals surface area contributed by atoms with Gasteiger partial charge in [-0.2, -0.15) is 0 Å². The van der Waals surface area contributed by atoms with E-state index in [1.807, 2.05) is 0 Å². The summed E-state index contributed by atoms with van der Waals surface area (Å²) >= 11 is 0. The minimum Gasteiger partial charge on any atom is -0.339 e. The maximum atomic E-state index is 5.57. The Morgan fingerprint density at radius 2 is 2.00 bits per heavy atom. The number of hydrogen-bond donors (Lipinski definition) is 2. The summed E-state index contributed by atoms with van der Waals surface area (Å²) in [5.41, 5.74) is 2.75. The van der Waals surface area contributed by atoms with Crippen LogP contribution in [-0.2, 0) is 0 Å². The first kappa shape index (κ1) is 13.3. The molecule has 3 N–H and O–H groups in total. The van der Waals surface area contributed by atoms with Gasteiger partial charge in [-0.15, -0.1) is 0 Å². The molecule has 94 valence electrons. The van der Waals surface area contributed by atoms with Crippen LogP contribution in [0.3, 0.4) is 0 Å². The van der Waals surface area contributed by atoms with Crippen molar-refractivity contribution in [1.29, 1.82) is 0 Å². The first-order valence-electron chi connectivity index (χ1n) is 6.32. The number of guanidine groups is 1. The third kappa shape index (κ3) is 4.39. The molecule has 0 aromatic heterocycles. The molecule has 1 rings (SSSR count). The van der Waals surface area contributed by atoms with Crippen LogP contribution in [-0.4, -0.2) is 30.0 Å². The summed E-state index contributed by atoms with van der Waals surface area (Å²) < 4.78 is 0. The maximum absolute atomic E-state index is 5.57. The Kier molecular flexibility index (Phi) is 5.06. The fourth-order valence-electron chi connectivity index (χ4n) is 1.61. The van der Waals surface area contributed by atoms with Crippen LogP contribution in [0.2, 0.25) is 0 Å². The minimum atomic E-state index is 0.447. The lowest BCUT2D eigenvalue weighted by atomic mass is 10.2. The number of rotatable bonds is 5. The van der Waals surface area contributed by atoms with Crippen molar-refractivity contribution in [1.82, 2.24) is 10.3 Å². The number of aliphatic imine (C=N–C) groups is 1. The van der Waals surface area contributed by atoms with Gasteiger partial charge in [0.05, 0.1) is 0 Å². The van der Waals surface area contributed by atoms with Gasteiger partial charge in [0.2, 0.25) is 5.96 Å². The SMILES string of the molecule is CC(C)CN=C(NN)N(CC1CC1)C(C)C. The predicted octanol–water partition coefficient (Wildman–Crippen LogP) is 1.58. The number of nitrogens with one attached hydrogen (secondary N) is 1. The summed E-state index contributed by atoms with van der Waals surface area (Å²) in [7, 11) is 0. The molecule has 1 aliphatic rings. The molecule has 0 aromatic rings. The van der Waals surface area contributed by atoms with Gasteiger partial charge in [-0.3, -0.25) is 10.4 Å². The first-order chi connectivity index (χ1) is 7.54. The molecule has 0 aromatic carbocycles. The van der Waals surface area contributed by atoms with Crippen LogP contribution in [0.15, 0.2) is 4.99 Å². The topological polar surface area (TPSA) is 53.6 Å². The molecule has 0 unspecified atom stereocenters. The fraction of sp³-hybridized carbons (Fsp3) is 0.917. The summed E-state index contributed by atoms with van der Waals surface area (Å²) in [4.78, 5) is 6.83. The average Bonchev–Trinajstić information content (AvgIpc) is 3.00. The zero-order valence-electron chi connectivity index (χ0n) is 11.0. The van der Waals surface area contributed by atoms with Gasteiger partial charge in [-0.25, -0.2) is 5.84 Å². The highest BCUT2D eigenvalue weighted by molar-refractivity contribution is 5.79. The van der Waals surface area contributed by atoms with E-state index in [1.54, 1.807) is 0 Å². The van der Waals surface area contributed by atoms with E-state index >= 15 is 0 Å². The van der Waals surface area contributed by atoms with Crippen LogP contribution >= 0.6 is 0 Å². The molecule has 1 saturated carbocycles. The molecule has 0 saturated heterocycles. The van der Waals surface area contributed by atoms with Gasteiger partial charge in [0.15, 0.2) is 0 Å². The van der Waals surface area contributed by atoms with Crippen LogP contribution < -0.4 is 11.3 Å². The normalized spacial score (nSPS) is 17.1. The zero-order valence-corrected chi connectivity index (χ0v) is 11.0. The summed E-state index contributed by atoms with van der Waals surface area (Å²) in [5.74, 6) is 7.83. The molecule has 0 bridgehead atoms. The van der Waals surface area contributed by atoms with Crippen LogP contribution in [0.25, 0.3) is 0 Å². The van der Waals surface area contributed by atoms with Crippen molar-refractivity contribution in [3.8, 4) is 0 Å². The second-order valence-electron chi connectivity index (χ2n) is 5.39. The van der Waals surface area contributed by atoms with Crippen LogP contribution in [0.4, 0.5) is 0 Å². The van der Waals surface area contributed by atoms with Gasteiger partial charge < -0.3 is 4.90 Å². The molecule has 1 aliphatic carbocycles. The summed E-state index contributed by atoms with van der Waals surface area (Å²) in [6, 6.07) is 0.447. The van der Waals surface area contributed by atoms with E-state index in [0.717, 1.165) is 25.0 Å². The zero-order chi connectivity index (χ0) is 12.1. The lowest BCUT2D eigenvalue weighted by Crippen LogP contribution is -2.49. The molecule has 0 atom stereocenters. The smallest absolute Gasteiger partial charge is 0.208 e. The quantitative estimate of drug-likeness (QED) is 0.324. The third-order valence-corrected chi connectivity index (χ3v) is 2.78. The molecule has 0 amide bonds. The largest absolute Gasteiger partial charge is 0.339 e. The highest BCUT2D eigenvalue weighted by Crippen LogP contribution is 2.30. The molecule has 0 spiro atoms. The Hall–Kier alpha value is -0.770. The van der Waals surface area contributed by atoms with Gasteiger partial charge in [0, 0.05) is 19.1 Å². The second-order valence-corrected chi connectivity index (χ2v) is 5.39. The Morgan fingerprint density at radius 1 is 1.38 bits per heavy atom. The predicted molar refractivity (Wildman–Crippen MR) is 69.0 cm³/mol. The number of nitrogens with two attached hydrogens (primary N) is 1. The molecule has 0 radical (unpaired) electrons. The van der Waals surface area contributed by atoms with Crippen molar-refractivity contribution < 1.29 is 0 Å². The lowest BCUT2D eigenvalue weighted by Gasteiger charge is -2.29. The molecule has 1 fully saturated rings. The van der Waals surface area contributed by atoms with Crippen molar-refractivity contribution in [2.75, 3.05) is 13.1 Å². The van der Waals surface area contributed by atoms with Gasteiger partial charge >= 0.3 is 0 Å². The molecule has 4 heteroatoms. The third-order valence-electron chi connectivity index (χ3n) is 2.78. The van der Waals surface area contributed by atoms with E-state index in [4.69, 9.17) is 5.84 Å². The van der Waals surface area contributed by atoms with Crippen LogP contribution in [0.1, 0.15) is 40.5 Å². The molecule has 16 heavy (non-hydrogen) atoms. The van der Waals surface area contributed by atoms with E-state index < -0.39 is 0 Å². The van der Waals surface area contributed by atoms with E-state index in [0.29, 0.717) is 12.0 Å².